The second kappa shape index (κ2) is 6.81. The van der Waals surface area contributed by atoms with Crippen LogP contribution in [0.25, 0.3) is 0 Å². The Hall–Kier alpha value is -2.05. The lowest BCUT2D eigenvalue weighted by molar-refractivity contribution is 0.0556. The third-order valence-corrected chi connectivity index (χ3v) is 4.41. The minimum Gasteiger partial charge on any atom is -0.493 e. The van der Waals surface area contributed by atoms with E-state index in [-0.39, 0.29) is 12.5 Å². The van der Waals surface area contributed by atoms with Gasteiger partial charge in [0, 0.05) is 10.4 Å². The number of carbonyl (C=O) groups is 1. The Balaban J connectivity index is 2.06. The third-order valence-electron chi connectivity index (χ3n) is 3.29. The van der Waals surface area contributed by atoms with Gasteiger partial charge in [-0.15, -0.1) is 11.3 Å². The van der Waals surface area contributed by atoms with Gasteiger partial charge in [0.1, 0.15) is 5.60 Å². The zero-order valence-electron chi connectivity index (χ0n) is 12.8. The fourth-order valence-corrected chi connectivity index (χ4v) is 2.79. The lowest BCUT2D eigenvalue weighted by Gasteiger charge is -2.22. The Labute approximate surface area is 133 Å². The third kappa shape index (κ3) is 3.58. The van der Waals surface area contributed by atoms with Gasteiger partial charge in [-0.1, -0.05) is 6.07 Å². The molecule has 0 aliphatic carbocycles. The second-order valence-corrected chi connectivity index (χ2v) is 5.95. The highest BCUT2D eigenvalue weighted by Crippen LogP contribution is 2.28. The number of methoxy groups -OCH3 is 2. The molecule has 118 valence electrons. The molecule has 1 atom stereocenters. The van der Waals surface area contributed by atoms with E-state index in [2.05, 4.69) is 5.32 Å². The number of hydrogen-bond donors (Lipinski definition) is 2. The monoisotopic (exact) mass is 321 g/mol. The van der Waals surface area contributed by atoms with Crippen molar-refractivity contribution < 1.29 is 19.4 Å². The molecule has 0 spiro atoms. The summed E-state index contributed by atoms with van der Waals surface area (Å²) >= 11 is 1.45. The van der Waals surface area contributed by atoms with Crippen molar-refractivity contribution in [1.82, 2.24) is 5.32 Å². The van der Waals surface area contributed by atoms with E-state index < -0.39 is 5.60 Å². The normalized spacial score (nSPS) is 13.3. The smallest absolute Gasteiger partial charge is 0.251 e. The van der Waals surface area contributed by atoms with Crippen molar-refractivity contribution in [3.8, 4) is 11.5 Å². The SMILES string of the molecule is COc1ccc(C(=O)NCC(C)(O)c2cccs2)cc1OC. The van der Waals surface area contributed by atoms with Gasteiger partial charge < -0.3 is 19.9 Å². The van der Waals surface area contributed by atoms with Crippen LogP contribution in [-0.2, 0) is 5.60 Å². The van der Waals surface area contributed by atoms with E-state index in [1.54, 1.807) is 25.1 Å². The van der Waals surface area contributed by atoms with Crippen LogP contribution in [0.15, 0.2) is 35.7 Å². The summed E-state index contributed by atoms with van der Waals surface area (Å²) in [5.41, 5.74) is -0.653. The van der Waals surface area contributed by atoms with Gasteiger partial charge in [-0.05, 0) is 36.6 Å². The number of ether oxygens (including phenoxy) is 2. The Morgan fingerprint density at radius 3 is 2.59 bits per heavy atom. The fourth-order valence-electron chi connectivity index (χ4n) is 2.00. The first-order valence-electron chi connectivity index (χ1n) is 6.74. The molecular formula is C16H19NO4S. The molecule has 0 aliphatic rings. The molecule has 0 aliphatic heterocycles. The Morgan fingerprint density at radius 2 is 2.00 bits per heavy atom. The van der Waals surface area contributed by atoms with Gasteiger partial charge in [-0.3, -0.25) is 4.79 Å². The van der Waals surface area contributed by atoms with Crippen LogP contribution in [-0.4, -0.2) is 31.8 Å². The van der Waals surface area contributed by atoms with E-state index in [1.165, 1.54) is 25.6 Å². The molecule has 1 aromatic carbocycles. The van der Waals surface area contributed by atoms with Gasteiger partial charge in [0.2, 0.25) is 0 Å². The molecule has 2 aromatic rings. The summed E-state index contributed by atoms with van der Waals surface area (Å²) in [6.45, 7) is 1.80. The minimum atomic E-state index is -1.10. The molecule has 1 heterocycles. The van der Waals surface area contributed by atoms with E-state index >= 15 is 0 Å². The van der Waals surface area contributed by atoms with Crippen molar-refractivity contribution in [3.63, 3.8) is 0 Å². The quantitative estimate of drug-likeness (QED) is 0.857. The second-order valence-electron chi connectivity index (χ2n) is 5.00. The zero-order valence-corrected chi connectivity index (χ0v) is 13.6. The highest BCUT2D eigenvalue weighted by molar-refractivity contribution is 7.10. The molecule has 6 heteroatoms. The number of amides is 1. The molecule has 0 fully saturated rings. The van der Waals surface area contributed by atoms with Gasteiger partial charge in [-0.2, -0.15) is 0 Å². The number of carbonyl (C=O) groups excluding carboxylic acids is 1. The number of aliphatic hydroxyl groups is 1. The first-order chi connectivity index (χ1) is 10.5. The van der Waals surface area contributed by atoms with Crippen molar-refractivity contribution in [3.05, 3.63) is 46.2 Å². The molecule has 0 saturated carbocycles. The summed E-state index contributed by atoms with van der Waals surface area (Å²) < 4.78 is 10.3. The summed E-state index contributed by atoms with van der Waals surface area (Å²) in [5, 5.41) is 15.0. The molecule has 0 saturated heterocycles. The molecule has 22 heavy (non-hydrogen) atoms. The van der Waals surface area contributed by atoms with E-state index in [9.17, 15) is 9.90 Å². The van der Waals surface area contributed by atoms with E-state index in [1.807, 2.05) is 17.5 Å². The number of hydrogen-bond acceptors (Lipinski definition) is 5. The Kier molecular flexibility index (Phi) is 5.05. The maximum atomic E-state index is 12.2. The van der Waals surface area contributed by atoms with Crippen LogP contribution in [0.5, 0.6) is 11.5 Å². The molecule has 2 rings (SSSR count). The van der Waals surface area contributed by atoms with Crippen LogP contribution in [0, 0.1) is 0 Å². The number of rotatable bonds is 6. The molecule has 0 radical (unpaired) electrons. The lowest BCUT2D eigenvalue weighted by Crippen LogP contribution is -2.38. The fraction of sp³-hybridized carbons (Fsp3) is 0.312. The van der Waals surface area contributed by atoms with Gasteiger partial charge in [-0.25, -0.2) is 0 Å². The standard InChI is InChI=1S/C16H19NO4S/c1-16(19,14-5-4-8-22-14)10-17-15(18)11-6-7-12(20-2)13(9-11)21-3/h4-9,19H,10H2,1-3H3,(H,17,18). The highest BCUT2D eigenvalue weighted by Gasteiger charge is 2.25. The van der Waals surface area contributed by atoms with Gasteiger partial charge in [0.15, 0.2) is 11.5 Å². The van der Waals surface area contributed by atoms with Crippen LogP contribution in [0.3, 0.4) is 0 Å². The highest BCUT2D eigenvalue weighted by atomic mass is 32.1. The van der Waals surface area contributed by atoms with Crippen molar-refractivity contribution >= 4 is 17.2 Å². The van der Waals surface area contributed by atoms with Crippen LogP contribution in [0.2, 0.25) is 0 Å². The summed E-state index contributed by atoms with van der Waals surface area (Å²) in [6.07, 6.45) is 0. The molecule has 1 unspecified atom stereocenters. The van der Waals surface area contributed by atoms with Gasteiger partial charge in [0.25, 0.3) is 5.91 Å². The molecule has 5 nitrogen and oxygen atoms in total. The minimum absolute atomic E-state index is 0.126. The van der Waals surface area contributed by atoms with Crippen LogP contribution in [0.1, 0.15) is 22.2 Å². The summed E-state index contributed by atoms with van der Waals surface area (Å²) in [4.78, 5) is 13.0. The first kappa shape index (κ1) is 16.3. The predicted octanol–water partition coefficient (Wildman–Crippen LogP) is 2.40. The summed E-state index contributed by atoms with van der Waals surface area (Å²) in [6, 6.07) is 8.63. The average molecular weight is 321 g/mol. The Morgan fingerprint density at radius 1 is 1.27 bits per heavy atom. The van der Waals surface area contributed by atoms with Gasteiger partial charge >= 0.3 is 0 Å². The molecule has 1 aromatic heterocycles. The van der Waals surface area contributed by atoms with E-state index in [0.717, 1.165) is 4.88 Å². The topological polar surface area (TPSA) is 67.8 Å². The first-order valence-corrected chi connectivity index (χ1v) is 7.62. The summed E-state index contributed by atoms with van der Waals surface area (Å²) in [5.74, 6) is 0.766. The largest absolute Gasteiger partial charge is 0.493 e. The van der Waals surface area contributed by atoms with E-state index in [4.69, 9.17) is 9.47 Å². The van der Waals surface area contributed by atoms with Crippen LogP contribution in [0.4, 0.5) is 0 Å². The Bertz CT molecular complexity index is 638. The van der Waals surface area contributed by atoms with Crippen molar-refractivity contribution in [2.75, 3.05) is 20.8 Å². The van der Waals surface area contributed by atoms with E-state index in [0.29, 0.717) is 17.1 Å². The van der Waals surface area contributed by atoms with Gasteiger partial charge in [0.05, 0.1) is 20.8 Å². The van der Waals surface area contributed by atoms with Crippen molar-refractivity contribution in [1.29, 1.82) is 0 Å². The predicted molar refractivity (Wildman–Crippen MR) is 85.8 cm³/mol. The maximum Gasteiger partial charge on any atom is 0.251 e. The maximum absolute atomic E-state index is 12.2. The molecule has 1 amide bonds. The summed E-state index contributed by atoms with van der Waals surface area (Å²) in [7, 11) is 3.05. The molecular weight excluding hydrogens is 302 g/mol. The van der Waals surface area contributed by atoms with Crippen LogP contribution < -0.4 is 14.8 Å². The number of thiophene rings is 1. The van der Waals surface area contributed by atoms with Crippen LogP contribution >= 0.6 is 11.3 Å². The lowest BCUT2D eigenvalue weighted by atomic mass is 10.0. The molecule has 2 N–H and O–H groups in total. The zero-order chi connectivity index (χ0) is 16.2. The van der Waals surface area contributed by atoms with Crippen molar-refractivity contribution in [2.24, 2.45) is 0 Å². The van der Waals surface area contributed by atoms with Crippen molar-refractivity contribution in [2.45, 2.75) is 12.5 Å². The number of nitrogens with one attached hydrogen (secondary N) is 1. The molecule has 0 bridgehead atoms. The average Bonchev–Trinajstić information content (AvgIpc) is 3.07. The number of benzene rings is 1.